The molecule has 3 rings (SSSR count). The third kappa shape index (κ3) is 3.81. The number of nitrogens with zero attached hydrogens (tertiary/aromatic N) is 2. The summed E-state index contributed by atoms with van der Waals surface area (Å²) >= 11 is 0. The Kier molecular flexibility index (Phi) is 4.61. The second-order valence-corrected chi connectivity index (χ2v) is 5.71. The van der Waals surface area contributed by atoms with Gasteiger partial charge in [0.2, 0.25) is 0 Å². The molecule has 1 amide bonds. The van der Waals surface area contributed by atoms with Crippen LogP contribution in [0.15, 0.2) is 67.0 Å². The van der Waals surface area contributed by atoms with Crippen molar-refractivity contribution < 1.29 is 4.79 Å². The molecule has 1 atom stereocenters. The molecular weight excluding hydrogens is 300 g/mol. The van der Waals surface area contributed by atoms with Gasteiger partial charge in [-0.05, 0) is 36.8 Å². The monoisotopic (exact) mass is 320 g/mol. The van der Waals surface area contributed by atoms with Crippen molar-refractivity contribution in [1.29, 1.82) is 0 Å². The first-order chi connectivity index (χ1) is 11.6. The molecule has 0 aliphatic heterocycles. The fourth-order valence-electron chi connectivity index (χ4n) is 2.47. The lowest BCUT2D eigenvalue weighted by atomic mass is 10.1. The fourth-order valence-corrected chi connectivity index (χ4v) is 2.47. The molecule has 5 heteroatoms. The molecule has 2 aromatic carbocycles. The molecule has 0 radical (unpaired) electrons. The van der Waals surface area contributed by atoms with E-state index in [-0.39, 0.29) is 11.9 Å². The van der Waals surface area contributed by atoms with Gasteiger partial charge >= 0.3 is 0 Å². The summed E-state index contributed by atoms with van der Waals surface area (Å²) in [5, 5.41) is 10.3. The second-order valence-electron chi connectivity index (χ2n) is 5.71. The lowest BCUT2D eigenvalue weighted by Crippen LogP contribution is -2.11. The number of carbonyl (C=O) groups excluding carboxylic acids is 1. The van der Waals surface area contributed by atoms with Crippen LogP contribution in [-0.2, 0) is 7.05 Å². The van der Waals surface area contributed by atoms with E-state index in [1.165, 1.54) is 5.56 Å². The Morgan fingerprint density at radius 2 is 1.71 bits per heavy atom. The predicted octanol–water partition coefficient (Wildman–Crippen LogP) is 3.85. The molecule has 0 saturated carbocycles. The van der Waals surface area contributed by atoms with E-state index in [1.54, 1.807) is 24.1 Å². The zero-order valence-electron chi connectivity index (χ0n) is 13.7. The zero-order valence-corrected chi connectivity index (χ0v) is 13.7. The summed E-state index contributed by atoms with van der Waals surface area (Å²) in [6.07, 6.45) is 3.24. The Morgan fingerprint density at radius 1 is 1.04 bits per heavy atom. The summed E-state index contributed by atoms with van der Waals surface area (Å²) in [5.41, 5.74) is 3.52. The number of carbonyl (C=O) groups is 1. The first-order valence-corrected chi connectivity index (χ1v) is 7.83. The molecule has 0 unspecified atom stereocenters. The van der Waals surface area contributed by atoms with E-state index < -0.39 is 0 Å². The lowest BCUT2D eigenvalue weighted by Gasteiger charge is -2.16. The standard InChI is InChI=1S/C19H20N4O/c1-14(15-6-4-3-5-7-15)21-17-8-10-18(11-9-17)22-19(24)16-12-20-23(2)13-16/h3-14,21H,1-2H3,(H,22,24)/t14-/m0/s1. The number of hydrogen-bond acceptors (Lipinski definition) is 3. The van der Waals surface area contributed by atoms with Crippen molar-refractivity contribution in [3.05, 3.63) is 78.1 Å². The van der Waals surface area contributed by atoms with Gasteiger partial charge in [0, 0.05) is 30.7 Å². The molecule has 1 heterocycles. The number of benzene rings is 2. The maximum absolute atomic E-state index is 12.1. The quantitative estimate of drug-likeness (QED) is 0.751. The molecule has 0 aliphatic carbocycles. The molecule has 1 aromatic heterocycles. The van der Waals surface area contributed by atoms with Gasteiger partial charge in [0.1, 0.15) is 0 Å². The van der Waals surface area contributed by atoms with Crippen molar-refractivity contribution in [3.63, 3.8) is 0 Å². The Morgan fingerprint density at radius 3 is 2.33 bits per heavy atom. The van der Waals surface area contributed by atoms with E-state index in [4.69, 9.17) is 0 Å². The predicted molar refractivity (Wildman–Crippen MR) is 96.1 cm³/mol. The van der Waals surface area contributed by atoms with Crippen LogP contribution in [0.3, 0.4) is 0 Å². The molecule has 0 aliphatic rings. The minimum Gasteiger partial charge on any atom is -0.379 e. The summed E-state index contributed by atoms with van der Waals surface area (Å²) in [5.74, 6) is -0.165. The molecular formula is C19H20N4O. The average molecular weight is 320 g/mol. The summed E-state index contributed by atoms with van der Waals surface area (Å²) in [4.78, 5) is 12.1. The van der Waals surface area contributed by atoms with Gasteiger partial charge in [0.05, 0.1) is 11.8 Å². The molecule has 5 nitrogen and oxygen atoms in total. The van der Waals surface area contributed by atoms with Gasteiger partial charge in [-0.2, -0.15) is 5.10 Å². The van der Waals surface area contributed by atoms with Crippen molar-refractivity contribution in [2.45, 2.75) is 13.0 Å². The fraction of sp³-hybridized carbons (Fsp3) is 0.158. The third-order valence-corrected chi connectivity index (χ3v) is 3.79. The van der Waals surface area contributed by atoms with Gasteiger partial charge in [0.15, 0.2) is 0 Å². The van der Waals surface area contributed by atoms with Crippen molar-refractivity contribution in [3.8, 4) is 0 Å². The first kappa shape index (κ1) is 15.8. The average Bonchev–Trinajstić information content (AvgIpc) is 3.04. The first-order valence-electron chi connectivity index (χ1n) is 7.83. The highest BCUT2D eigenvalue weighted by Gasteiger charge is 2.08. The van der Waals surface area contributed by atoms with Gasteiger partial charge in [-0.1, -0.05) is 30.3 Å². The van der Waals surface area contributed by atoms with E-state index in [0.29, 0.717) is 5.56 Å². The Balaban J connectivity index is 1.62. The number of rotatable bonds is 5. The van der Waals surface area contributed by atoms with E-state index in [2.05, 4.69) is 34.8 Å². The van der Waals surface area contributed by atoms with Gasteiger partial charge in [-0.3, -0.25) is 9.48 Å². The van der Waals surface area contributed by atoms with Crippen molar-refractivity contribution in [2.24, 2.45) is 7.05 Å². The molecule has 0 bridgehead atoms. The van der Waals surface area contributed by atoms with Crippen LogP contribution in [-0.4, -0.2) is 15.7 Å². The lowest BCUT2D eigenvalue weighted by molar-refractivity contribution is 0.102. The largest absolute Gasteiger partial charge is 0.379 e. The molecule has 0 spiro atoms. The molecule has 0 fully saturated rings. The van der Waals surface area contributed by atoms with Crippen molar-refractivity contribution in [2.75, 3.05) is 10.6 Å². The number of aromatic nitrogens is 2. The maximum Gasteiger partial charge on any atom is 0.258 e. The van der Waals surface area contributed by atoms with Crippen LogP contribution in [0.1, 0.15) is 28.9 Å². The summed E-state index contributed by atoms with van der Waals surface area (Å²) in [6.45, 7) is 2.12. The van der Waals surface area contributed by atoms with E-state index >= 15 is 0 Å². The van der Waals surface area contributed by atoms with Crippen molar-refractivity contribution >= 4 is 17.3 Å². The number of nitrogens with one attached hydrogen (secondary N) is 2. The van der Waals surface area contributed by atoms with Gasteiger partial charge in [0.25, 0.3) is 5.91 Å². The van der Waals surface area contributed by atoms with E-state index in [1.807, 2.05) is 42.5 Å². The third-order valence-electron chi connectivity index (χ3n) is 3.79. The van der Waals surface area contributed by atoms with Crippen LogP contribution in [0.25, 0.3) is 0 Å². The number of anilines is 2. The smallest absolute Gasteiger partial charge is 0.258 e. The highest BCUT2D eigenvalue weighted by atomic mass is 16.1. The zero-order chi connectivity index (χ0) is 16.9. The van der Waals surface area contributed by atoms with Gasteiger partial charge in [-0.15, -0.1) is 0 Å². The van der Waals surface area contributed by atoms with Crippen molar-refractivity contribution in [1.82, 2.24) is 9.78 Å². The topological polar surface area (TPSA) is 58.9 Å². The van der Waals surface area contributed by atoms with Crippen LogP contribution >= 0.6 is 0 Å². The molecule has 122 valence electrons. The molecule has 24 heavy (non-hydrogen) atoms. The maximum atomic E-state index is 12.1. The van der Waals surface area contributed by atoms with E-state index in [0.717, 1.165) is 11.4 Å². The van der Waals surface area contributed by atoms with Crippen LogP contribution < -0.4 is 10.6 Å². The number of aryl methyl sites for hydroxylation is 1. The Labute approximate surface area is 141 Å². The van der Waals surface area contributed by atoms with Crippen LogP contribution in [0, 0.1) is 0 Å². The van der Waals surface area contributed by atoms with Crippen LogP contribution in [0.4, 0.5) is 11.4 Å². The highest BCUT2D eigenvalue weighted by Crippen LogP contribution is 2.20. The van der Waals surface area contributed by atoms with Crippen LogP contribution in [0.2, 0.25) is 0 Å². The van der Waals surface area contributed by atoms with Crippen LogP contribution in [0.5, 0.6) is 0 Å². The minimum absolute atomic E-state index is 0.165. The number of hydrogen-bond donors (Lipinski definition) is 2. The second kappa shape index (κ2) is 7.00. The molecule has 2 N–H and O–H groups in total. The summed E-state index contributed by atoms with van der Waals surface area (Å²) < 4.78 is 1.60. The summed E-state index contributed by atoms with van der Waals surface area (Å²) in [6, 6.07) is 18.2. The highest BCUT2D eigenvalue weighted by molar-refractivity contribution is 6.03. The Bertz CT molecular complexity index is 809. The number of amides is 1. The Hall–Kier alpha value is -3.08. The van der Waals surface area contributed by atoms with E-state index in [9.17, 15) is 4.79 Å². The molecule has 3 aromatic rings. The van der Waals surface area contributed by atoms with Gasteiger partial charge in [-0.25, -0.2) is 0 Å². The SMILES string of the molecule is C[C@H](Nc1ccc(NC(=O)c2cnn(C)c2)cc1)c1ccccc1. The normalized spacial score (nSPS) is 11.8. The summed E-state index contributed by atoms with van der Waals surface area (Å²) in [7, 11) is 1.78. The van der Waals surface area contributed by atoms with Gasteiger partial charge < -0.3 is 10.6 Å². The molecule has 0 saturated heterocycles. The minimum atomic E-state index is -0.165.